The first kappa shape index (κ1) is 12.7. The maximum absolute atomic E-state index is 11.9. The van der Waals surface area contributed by atoms with E-state index in [0.29, 0.717) is 0 Å². The van der Waals surface area contributed by atoms with Crippen LogP contribution in [0.15, 0.2) is 22.6 Å². The molecule has 2 unspecified atom stereocenters. The van der Waals surface area contributed by atoms with Crippen LogP contribution in [0.5, 0.6) is 0 Å². The first-order valence-electron chi connectivity index (χ1n) is 5.66. The summed E-state index contributed by atoms with van der Waals surface area (Å²) in [5.41, 5.74) is 2.57. The van der Waals surface area contributed by atoms with Crippen LogP contribution >= 0.6 is 22.6 Å². The SMILES string of the molecule is CCC(C)(I)C(=O)OC(C)c1cc2ccc1o2. The van der Waals surface area contributed by atoms with Gasteiger partial charge < -0.3 is 9.15 Å². The summed E-state index contributed by atoms with van der Waals surface area (Å²) < 4.78 is 10.5. The third-order valence-corrected chi connectivity index (χ3v) is 4.22. The van der Waals surface area contributed by atoms with Gasteiger partial charge in [-0.2, -0.15) is 0 Å². The predicted molar refractivity (Wildman–Crippen MR) is 74.6 cm³/mol. The van der Waals surface area contributed by atoms with Crippen LogP contribution in [0.1, 0.15) is 38.9 Å². The van der Waals surface area contributed by atoms with E-state index in [1.165, 1.54) is 0 Å². The van der Waals surface area contributed by atoms with Crippen molar-refractivity contribution in [3.63, 3.8) is 0 Å². The predicted octanol–water partition coefficient (Wildman–Crippen LogP) is 4.08. The van der Waals surface area contributed by atoms with Crippen LogP contribution in [0, 0.1) is 0 Å². The first-order valence-corrected chi connectivity index (χ1v) is 6.73. The molecule has 0 N–H and O–H groups in total. The number of ether oxygens (including phenoxy) is 1. The Balaban J connectivity index is 2.09. The molecule has 0 fully saturated rings. The fourth-order valence-corrected chi connectivity index (χ4v) is 1.75. The number of rotatable bonds is 4. The normalized spacial score (nSPS) is 16.9. The van der Waals surface area contributed by atoms with Gasteiger partial charge >= 0.3 is 5.97 Å². The molecule has 0 aliphatic heterocycles. The van der Waals surface area contributed by atoms with Crippen LogP contribution in [0.3, 0.4) is 0 Å². The van der Waals surface area contributed by atoms with Crippen molar-refractivity contribution in [2.75, 3.05) is 0 Å². The van der Waals surface area contributed by atoms with Crippen molar-refractivity contribution >= 4 is 39.7 Å². The van der Waals surface area contributed by atoms with Crippen LogP contribution in [0.2, 0.25) is 0 Å². The lowest BCUT2D eigenvalue weighted by Gasteiger charge is -2.21. The maximum Gasteiger partial charge on any atom is 0.322 e. The summed E-state index contributed by atoms with van der Waals surface area (Å²) in [6.07, 6.45) is 0.489. The largest absolute Gasteiger partial charge is 0.457 e. The molecule has 0 aliphatic carbocycles. The van der Waals surface area contributed by atoms with Gasteiger partial charge in [-0.05, 0) is 38.5 Å². The lowest BCUT2D eigenvalue weighted by Crippen LogP contribution is -2.30. The number of hydrogen-bond acceptors (Lipinski definition) is 3. The van der Waals surface area contributed by atoms with E-state index in [9.17, 15) is 4.79 Å². The Morgan fingerprint density at radius 1 is 1.59 bits per heavy atom. The van der Waals surface area contributed by atoms with Crippen molar-refractivity contribution in [3.8, 4) is 0 Å². The summed E-state index contributed by atoms with van der Waals surface area (Å²) in [6.45, 7) is 5.74. The zero-order valence-electron chi connectivity index (χ0n) is 10.1. The average Bonchev–Trinajstić information content (AvgIpc) is 2.90. The van der Waals surface area contributed by atoms with Crippen LogP contribution in [-0.4, -0.2) is 9.39 Å². The smallest absolute Gasteiger partial charge is 0.322 e. The number of halogens is 1. The van der Waals surface area contributed by atoms with Crippen molar-refractivity contribution in [2.24, 2.45) is 0 Å². The molecule has 17 heavy (non-hydrogen) atoms. The number of carbonyl (C=O) groups is 1. The molecule has 2 atom stereocenters. The highest BCUT2D eigenvalue weighted by Crippen LogP contribution is 2.32. The van der Waals surface area contributed by atoms with Crippen molar-refractivity contribution in [2.45, 2.75) is 36.7 Å². The Morgan fingerprint density at radius 2 is 2.29 bits per heavy atom. The average molecular weight is 346 g/mol. The minimum absolute atomic E-state index is 0.175. The van der Waals surface area contributed by atoms with Gasteiger partial charge in [-0.15, -0.1) is 0 Å². The lowest BCUT2D eigenvalue weighted by atomic mass is 10.1. The van der Waals surface area contributed by atoms with Gasteiger partial charge in [-0.25, -0.2) is 0 Å². The number of carbonyl (C=O) groups excluding carboxylic acids is 1. The van der Waals surface area contributed by atoms with E-state index in [0.717, 1.165) is 23.2 Å². The molecule has 2 aromatic rings. The molecule has 2 aromatic heterocycles. The highest BCUT2D eigenvalue weighted by atomic mass is 127. The van der Waals surface area contributed by atoms with Gasteiger partial charge in [0, 0.05) is 5.56 Å². The standard InChI is InChI=1S/C13H15IO3/c1-4-13(3,14)12(15)16-8(2)10-7-9-5-6-11(10)17-9/h5-8H,4H2,1-3H3. The molecule has 3 nitrogen and oxygen atoms in total. The van der Waals surface area contributed by atoms with E-state index in [2.05, 4.69) is 22.6 Å². The van der Waals surface area contributed by atoms with Crippen molar-refractivity contribution in [1.82, 2.24) is 0 Å². The Bertz CT molecular complexity index is 515. The molecule has 2 bridgehead atoms. The first-order chi connectivity index (χ1) is 7.94. The summed E-state index contributed by atoms with van der Waals surface area (Å²) in [5, 5.41) is 0. The Labute approximate surface area is 114 Å². The lowest BCUT2D eigenvalue weighted by molar-refractivity contribution is -0.150. The highest BCUT2D eigenvalue weighted by molar-refractivity contribution is 14.1. The van der Waals surface area contributed by atoms with Crippen LogP contribution in [0.4, 0.5) is 0 Å². The molecule has 4 heteroatoms. The van der Waals surface area contributed by atoms with E-state index in [1.54, 1.807) is 0 Å². The van der Waals surface area contributed by atoms with Gasteiger partial charge in [0.25, 0.3) is 0 Å². The number of furan rings is 2. The molecule has 2 heterocycles. The Morgan fingerprint density at radius 3 is 2.76 bits per heavy atom. The second-order valence-electron chi connectivity index (χ2n) is 4.40. The number of alkyl halides is 1. The summed E-state index contributed by atoms with van der Waals surface area (Å²) in [7, 11) is 0. The molecule has 0 spiro atoms. The van der Waals surface area contributed by atoms with Gasteiger partial charge in [0.2, 0.25) is 0 Å². The molecule has 0 radical (unpaired) electrons. The van der Waals surface area contributed by atoms with E-state index in [4.69, 9.17) is 9.15 Å². The molecule has 0 aromatic carbocycles. The molecular weight excluding hydrogens is 331 g/mol. The summed E-state index contributed by atoms with van der Waals surface area (Å²) in [6, 6.07) is 5.73. The van der Waals surface area contributed by atoms with Gasteiger partial charge in [-0.3, -0.25) is 4.79 Å². The number of benzene rings is 1. The molecular formula is C13H15IO3. The number of fused-ring (bicyclic) bond motifs is 2. The third-order valence-electron chi connectivity index (χ3n) is 3.02. The zero-order valence-corrected chi connectivity index (χ0v) is 12.3. The Hall–Kier alpha value is -0.780. The van der Waals surface area contributed by atoms with E-state index < -0.39 is 3.42 Å². The second-order valence-corrected chi connectivity index (χ2v) is 6.78. The van der Waals surface area contributed by atoms with E-state index >= 15 is 0 Å². The second kappa shape index (κ2) is 4.48. The van der Waals surface area contributed by atoms with Gasteiger partial charge in [0.05, 0.1) is 0 Å². The number of esters is 1. The fraction of sp³-hybridized carbons (Fsp3) is 0.462. The molecule has 0 saturated heterocycles. The molecule has 2 rings (SSSR count). The van der Waals surface area contributed by atoms with Gasteiger partial charge in [0.15, 0.2) is 0 Å². The van der Waals surface area contributed by atoms with Crippen molar-refractivity contribution < 1.29 is 13.9 Å². The summed E-state index contributed by atoms with van der Waals surface area (Å²) in [4.78, 5) is 11.9. The summed E-state index contributed by atoms with van der Waals surface area (Å²) >= 11 is 2.13. The minimum atomic E-state index is -0.460. The molecule has 0 amide bonds. The quantitative estimate of drug-likeness (QED) is 0.476. The molecule has 0 aliphatic rings. The van der Waals surface area contributed by atoms with Crippen LogP contribution < -0.4 is 0 Å². The van der Waals surface area contributed by atoms with E-state index in [1.807, 2.05) is 39.0 Å². The van der Waals surface area contributed by atoms with Crippen molar-refractivity contribution in [1.29, 1.82) is 0 Å². The molecule has 0 saturated carbocycles. The van der Waals surface area contributed by atoms with Crippen LogP contribution in [-0.2, 0) is 9.53 Å². The van der Waals surface area contributed by atoms with Gasteiger partial charge in [0.1, 0.15) is 20.7 Å². The summed E-state index contributed by atoms with van der Waals surface area (Å²) in [5.74, 6) is -0.175. The number of hydrogen-bond donors (Lipinski definition) is 0. The van der Waals surface area contributed by atoms with Gasteiger partial charge in [-0.1, -0.05) is 29.5 Å². The highest BCUT2D eigenvalue weighted by Gasteiger charge is 2.31. The minimum Gasteiger partial charge on any atom is -0.457 e. The maximum atomic E-state index is 11.9. The monoisotopic (exact) mass is 346 g/mol. The topological polar surface area (TPSA) is 39.4 Å². The van der Waals surface area contributed by atoms with Crippen LogP contribution in [0.25, 0.3) is 11.2 Å². The molecule has 92 valence electrons. The van der Waals surface area contributed by atoms with E-state index in [-0.39, 0.29) is 12.1 Å². The van der Waals surface area contributed by atoms with Crippen molar-refractivity contribution in [3.05, 3.63) is 23.8 Å². The Kier molecular flexibility index (Phi) is 3.34. The fourth-order valence-electron chi connectivity index (χ4n) is 1.62. The third kappa shape index (κ3) is 2.41. The zero-order chi connectivity index (χ0) is 12.6.